The van der Waals surface area contributed by atoms with E-state index in [0.717, 1.165) is 11.2 Å². The van der Waals surface area contributed by atoms with Crippen molar-refractivity contribution in [1.29, 1.82) is 0 Å². The van der Waals surface area contributed by atoms with Crippen LogP contribution in [0.3, 0.4) is 0 Å². The van der Waals surface area contributed by atoms with E-state index in [1.807, 2.05) is 28.8 Å². The molecule has 0 saturated carbocycles. The van der Waals surface area contributed by atoms with Crippen molar-refractivity contribution < 1.29 is 8.42 Å². The van der Waals surface area contributed by atoms with E-state index in [2.05, 4.69) is 10.2 Å². The second-order valence-electron chi connectivity index (χ2n) is 4.37. The predicted octanol–water partition coefficient (Wildman–Crippen LogP) is 2.63. The fraction of sp³-hybridized carbons (Fsp3) is 0.0769. The first kappa shape index (κ1) is 13.1. The molecule has 0 fully saturated rings. The number of hydrogen-bond acceptors (Lipinski definition) is 4. The Kier molecular flexibility index (Phi) is 2.99. The highest BCUT2D eigenvalue weighted by Gasteiger charge is 2.15. The monoisotopic (exact) mass is 307 g/mol. The van der Waals surface area contributed by atoms with Gasteiger partial charge in [-0.15, -0.1) is 10.2 Å². The van der Waals surface area contributed by atoms with E-state index in [9.17, 15) is 8.42 Å². The van der Waals surface area contributed by atoms with Crippen molar-refractivity contribution in [3.63, 3.8) is 0 Å². The Hall–Kier alpha value is -1.92. The minimum Gasteiger partial charge on any atom is -0.282 e. The molecule has 0 radical (unpaired) electrons. The molecule has 1 aromatic carbocycles. The molecule has 0 saturated heterocycles. The zero-order valence-electron chi connectivity index (χ0n) is 10.5. The Bertz CT molecular complexity index is 903. The van der Waals surface area contributed by atoms with E-state index >= 15 is 0 Å². The fourth-order valence-corrected chi connectivity index (χ4v) is 3.29. The molecule has 0 amide bonds. The molecule has 0 spiro atoms. The van der Waals surface area contributed by atoms with Crippen molar-refractivity contribution in [2.75, 3.05) is 0 Å². The van der Waals surface area contributed by atoms with Crippen LogP contribution in [0.4, 0.5) is 0 Å². The molecule has 0 N–H and O–H groups in total. The number of hydrogen-bond donors (Lipinski definition) is 0. The lowest BCUT2D eigenvalue weighted by atomic mass is 10.1. The Morgan fingerprint density at radius 3 is 2.65 bits per heavy atom. The van der Waals surface area contributed by atoms with Gasteiger partial charge in [0.25, 0.3) is 9.05 Å². The van der Waals surface area contributed by atoms with Crippen LogP contribution in [0.2, 0.25) is 0 Å². The van der Waals surface area contributed by atoms with E-state index in [1.165, 1.54) is 6.07 Å². The Morgan fingerprint density at radius 1 is 1.15 bits per heavy atom. The van der Waals surface area contributed by atoms with Crippen molar-refractivity contribution in [3.8, 4) is 11.4 Å². The Labute approximate surface area is 120 Å². The lowest BCUT2D eigenvalue weighted by molar-refractivity contribution is 0.609. The van der Waals surface area contributed by atoms with Crippen molar-refractivity contribution >= 4 is 25.4 Å². The molecule has 7 heteroatoms. The first-order valence-electron chi connectivity index (χ1n) is 5.82. The van der Waals surface area contributed by atoms with Crippen LogP contribution in [0.25, 0.3) is 17.0 Å². The largest absolute Gasteiger partial charge is 0.282 e. The molecule has 0 unspecified atom stereocenters. The molecular weight excluding hydrogens is 298 g/mol. The first-order chi connectivity index (χ1) is 9.47. The van der Waals surface area contributed by atoms with Gasteiger partial charge in [-0.05, 0) is 42.8 Å². The molecular formula is C13H10ClN3O2S. The van der Waals surface area contributed by atoms with Gasteiger partial charge >= 0.3 is 0 Å². The predicted molar refractivity (Wildman–Crippen MR) is 76.2 cm³/mol. The summed E-state index contributed by atoms with van der Waals surface area (Å²) in [6.07, 6.45) is 1.85. The smallest absolute Gasteiger partial charge is 0.261 e. The van der Waals surface area contributed by atoms with Crippen LogP contribution in [0.5, 0.6) is 0 Å². The summed E-state index contributed by atoms with van der Waals surface area (Å²) in [5.41, 5.74) is 2.09. The SMILES string of the molecule is Cc1cc(-c2nnc3ccccn23)ccc1S(=O)(=O)Cl. The summed E-state index contributed by atoms with van der Waals surface area (Å²) in [6.45, 7) is 1.70. The summed E-state index contributed by atoms with van der Waals surface area (Å²) in [4.78, 5) is 0.108. The van der Waals surface area contributed by atoms with E-state index in [-0.39, 0.29) is 4.90 Å². The van der Waals surface area contributed by atoms with Crippen LogP contribution in [-0.2, 0) is 9.05 Å². The number of aromatic nitrogens is 3. The maximum Gasteiger partial charge on any atom is 0.261 e. The number of aryl methyl sites for hydroxylation is 1. The van der Waals surface area contributed by atoms with Gasteiger partial charge in [0.2, 0.25) is 0 Å². The minimum atomic E-state index is -3.73. The van der Waals surface area contributed by atoms with Crippen molar-refractivity contribution in [1.82, 2.24) is 14.6 Å². The van der Waals surface area contributed by atoms with Gasteiger partial charge in [0.1, 0.15) is 0 Å². The van der Waals surface area contributed by atoms with Crippen molar-refractivity contribution in [2.45, 2.75) is 11.8 Å². The third kappa shape index (κ3) is 2.17. The molecule has 20 heavy (non-hydrogen) atoms. The quantitative estimate of drug-likeness (QED) is 0.683. The fourth-order valence-electron chi connectivity index (χ4n) is 2.10. The normalized spacial score (nSPS) is 11.9. The van der Waals surface area contributed by atoms with Crippen LogP contribution in [-0.4, -0.2) is 23.0 Å². The third-order valence-corrected chi connectivity index (χ3v) is 4.49. The van der Waals surface area contributed by atoms with Crippen molar-refractivity contribution in [2.24, 2.45) is 0 Å². The summed E-state index contributed by atoms with van der Waals surface area (Å²) in [7, 11) is 1.64. The van der Waals surface area contributed by atoms with Gasteiger partial charge in [-0.2, -0.15) is 0 Å². The first-order valence-corrected chi connectivity index (χ1v) is 8.13. The van der Waals surface area contributed by atoms with Crippen LogP contribution in [0, 0.1) is 6.92 Å². The summed E-state index contributed by atoms with van der Waals surface area (Å²) in [5.74, 6) is 0.655. The number of fused-ring (bicyclic) bond motifs is 1. The van der Waals surface area contributed by atoms with Crippen LogP contribution in [0.15, 0.2) is 47.5 Å². The van der Waals surface area contributed by atoms with Gasteiger partial charge in [0, 0.05) is 22.4 Å². The number of nitrogens with zero attached hydrogens (tertiary/aromatic N) is 3. The van der Waals surface area contributed by atoms with Crippen molar-refractivity contribution in [3.05, 3.63) is 48.2 Å². The summed E-state index contributed by atoms with van der Waals surface area (Å²) < 4.78 is 24.6. The third-order valence-electron chi connectivity index (χ3n) is 3.01. The topological polar surface area (TPSA) is 64.3 Å². The molecule has 2 heterocycles. The number of rotatable bonds is 2. The zero-order chi connectivity index (χ0) is 14.3. The maximum atomic E-state index is 11.4. The lowest BCUT2D eigenvalue weighted by Gasteiger charge is -2.05. The molecule has 2 aromatic heterocycles. The molecule has 0 aliphatic rings. The Balaban J connectivity index is 2.19. The number of pyridine rings is 1. The molecule has 3 rings (SSSR count). The maximum absolute atomic E-state index is 11.4. The van der Waals surface area contributed by atoms with E-state index in [4.69, 9.17) is 10.7 Å². The molecule has 3 aromatic rings. The Morgan fingerprint density at radius 2 is 1.95 bits per heavy atom. The average Bonchev–Trinajstić information content (AvgIpc) is 2.80. The molecule has 102 valence electrons. The number of benzene rings is 1. The second kappa shape index (κ2) is 4.57. The number of halogens is 1. The highest BCUT2D eigenvalue weighted by atomic mass is 35.7. The minimum absolute atomic E-state index is 0.108. The molecule has 0 aliphatic carbocycles. The average molecular weight is 308 g/mol. The van der Waals surface area contributed by atoms with Crippen LogP contribution < -0.4 is 0 Å². The van der Waals surface area contributed by atoms with Gasteiger partial charge in [-0.25, -0.2) is 8.42 Å². The summed E-state index contributed by atoms with van der Waals surface area (Å²) in [6, 6.07) is 10.5. The van der Waals surface area contributed by atoms with E-state index < -0.39 is 9.05 Å². The molecule has 0 atom stereocenters. The molecule has 0 bridgehead atoms. The van der Waals surface area contributed by atoms with Crippen LogP contribution >= 0.6 is 10.7 Å². The summed E-state index contributed by atoms with van der Waals surface area (Å²) >= 11 is 0. The molecule has 5 nitrogen and oxygen atoms in total. The molecule has 0 aliphatic heterocycles. The van der Waals surface area contributed by atoms with Gasteiger partial charge in [0.05, 0.1) is 4.90 Å². The standard InChI is InChI=1S/C13H10ClN3O2S/c1-9-8-10(5-6-11(9)20(14,18)19)13-16-15-12-4-2-3-7-17(12)13/h2-8H,1H3. The summed E-state index contributed by atoms with van der Waals surface area (Å²) in [5, 5.41) is 8.19. The second-order valence-corrected chi connectivity index (χ2v) is 6.90. The van der Waals surface area contributed by atoms with Gasteiger partial charge in [-0.1, -0.05) is 6.07 Å². The zero-order valence-corrected chi connectivity index (χ0v) is 12.1. The highest BCUT2D eigenvalue weighted by Crippen LogP contribution is 2.25. The highest BCUT2D eigenvalue weighted by molar-refractivity contribution is 8.13. The van der Waals surface area contributed by atoms with Gasteiger partial charge < -0.3 is 0 Å². The van der Waals surface area contributed by atoms with Gasteiger partial charge in [0.15, 0.2) is 11.5 Å². The van der Waals surface area contributed by atoms with Gasteiger partial charge in [-0.3, -0.25) is 4.40 Å². The van der Waals surface area contributed by atoms with Crippen LogP contribution in [0.1, 0.15) is 5.56 Å². The van der Waals surface area contributed by atoms with E-state index in [1.54, 1.807) is 19.1 Å². The van der Waals surface area contributed by atoms with E-state index in [0.29, 0.717) is 11.4 Å². The lowest BCUT2D eigenvalue weighted by Crippen LogP contribution is -1.96.